The van der Waals surface area contributed by atoms with E-state index in [1.807, 2.05) is 0 Å². The van der Waals surface area contributed by atoms with Gasteiger partial charge in [0.15, 0.2) is 0 Å². The number of anilines is 1. The van der Waals surface area contributed by atoms with E-state index in [0.29, 0.717) is 15.9 Å². The van der Waals surface area contributed by atoms with Gasteiger partial charge in [-0.2, -0.15) is 0 Å². The first-order chi connectivity index (χ1) is 5.59. The molecule has 4 nitrogen and oxygen atoms in total. The molecular formula is C7H7BrN2O2. The minimum Gasteiger partial charge on any atom is -0.481 e. The van der Waals surface area contributed by atoms with Gasteiger partial charge in [0.2, 0.25) is 0 Å². The molecule has 0 atom stereocenters. The van der Waals surface area contributed by atoms with Crippen LogP contribution >= 0.6 is 15.9 Å². The first-order valence-electron chi connectivity index (χ1n) is 3.21. The predicted octanol–water partition coefficient (Wildman–Crippen LogP) is 1.05. The van der Waals surface area contributed by atoms with E-state index < -0.39 is 5.97 Å². The normalized spacial score (nSPS) is 9.75. The van der Waals surface area contributed by atoms with Gasteiger partial charge in [-0.25, -0.2) is 0 Å². The van der Waals surface area contributed by atoms with Crippen molar-refractivity contribution < 1.29 is 9.90 Å². The summed E-state index contributed by atoms with van der Waals surface area (Å²) in [6, 6.07) is 1.60. The summed E-state index contributed by atoms with van der Waals surface area (Å²) in [6.45, 7) is 0. The highest BCUT2D eigenvalue weighted by Gasteiger charge is 2.03. The molecule has 0 amide bonds. The first kappa shape index (κ1) is 8.99. The summed E-state index contributed by atoms with van der Waals surface area (Å²) in [5.74, 6) is -0.904. The standard InChI is InChI=1S/C7H7BrN2O2/c8-5-1-4(2-7(11)12)10-3-6(5)9/h1,3H,2,9H2,(H,11,12). The van der Waals surface area contributed by atoms with Crippen LogP contribution in [0.15, 0.2) is 16.7 Å². The molecule has 1 heterocycles. The first-order valence-corrected chi connectivity index (χ1v) is 4.00. The van der Waals surface area contributed by atoms with Crippen LogP contribution in [-0.2, 0) is 11.2 Å². The van der Waals surface area contributed by atoms with Gasteiger partial charge in [0.05, 0.1) is 24.0 Å². The van der Waals surface area contributed by atoms with Crippen molar-refractivity contribution in [2.24, 2.45) is 0 Å². The number of aliphatic carboxylic acids is 1. The lowest BCUT2D eigenvalue weighted by Crippen LogP contribution is -2.02. The van der Waals surface area contributed by atoms with Crippen LogP contribution in [0.4, 0.5) is 5.69 Å². The fourth-order valence-electron chi connectivity index (χ4n) is 0.733. The summed E-state index contributed by atoms with van der Waals surface area (Å²) >= 11 is 3.18. The van der Waals surface area contributed by atoms with Crippen LogP contribution in [0.2, 0.25) is 0 Å². The second-order valence-electron chi connectivity index (χ2n) is 2.27. The summed E-state index contributed by atoms with van der Waals surface area (Å²) in [6.07, 6.45) is 1.35. The number of carboxylic acid groups (broad SMARTS) is 1. The van der Waals surface area contributed by atoms with Gasteiger partial charge in [-0.05, 0) is 22.0 Å². The van der Waals surface area contributed by atoms with Gasteiger partial charge in [-0.3, -0.25) is 9.78 Å². The number of aromatic nitrogens is 1. The Morgan fingerprint density at radius 1 is 1.75 bits per heavy atom. The van der Waals surface area contributed by atoms with E-state index in [1.54, 1.807) is 6.07 Å². The number of halogens is 1. The van der Waals surface area contributed by atoms with E-state index >= 15 is 0 Å². The van der Waals surface area contributed by atoms with Gasteiger partial charge in [-0.1, -0.05) is 0 Å². The Morgan fingerprint density at radius 2 is 2.42 bits per heavy atom. The third kappa shape index (κ3) is 2.20. The molecule has 12 heavy (non-hydrogen) atoms. The molecule has 1 rings (SSSR count). The van der Waals surface area contributed by atoms with Gasteiger partial charge in [-0.15, -0.1) is 0 Å². The van der Waals surface area contributed by atoms with E-state index in [4.69, 9.17) is 10.8 Å². The maximum atomic E-state index is 10.3. The van der Waals surface area contributed by atoms with Crippen molar-refractivity contribution in [3.8, 4) is 0 Å². The monoisotopic (exact) mass is 230 g/mol. The van der Waals surface area contributed by atoms with Crippen LogP contribution in [0.5, 0.6) is 0 Å². The molecule has 0 fully saturated rings. The number of carbonyl (C=O) groups is 1. The molecule has 64 valence electrons. The molecule has 3 N–H and O–H groups in total. The van der Waals surface area contributed by atoms with E-state index in [9.17, 15) is 4.79 Å². The summed E-state index contributed by atoms with van der Waals surface area (Å²) in [4.78, 5) is 14.1. The molecular weight excluding hydrogens is 224 g/mol. The predicted molar refractivity (Wildman–Crippen MR) is 47.7 cm³/mol. The van der Waals surface area contributed by atoms with Crippen molar-refractivity contribution in [1.29, 1.82) is 0 Å². The molecule has 0 aliphatic carbocycles. The number of pyridine rings is 1. The molecule has 0 aliphatic heterocycles. The molecule has 0 unspecified atom stereocenters. The SMILES string of the molecule is Nc1cnc(CC(=O)O)cc1Br. The van der Waals surface area contributed by atoms with Crippen molar-refractivity contribution in [1.82, 2.24) is 4.98 Å². The number of nitrogen functional groups attached to an aromatic ring is 1. The number of carboxylic acids is 1. The molecule has 1 aromatic rings. The molecule has 5 heteroatoms. The Balaban J connectivity index is 2.89. The lowest BCUT2D eigenvalue weighted by atomic mass is 10.2. The smallest absolute Gasteiger partial charge is 0.309 e. The summed E-state index contributed by atoms with van der Waals surface area (Å²) in [5, 5.41) is 8.44. The molecule has 1 aromatic heterocycles. The van der Waals surface area contributed by atoms with Crippen LogP contribution < -0.4 is 5.73 Å². The average molecular weight is 231 g/mol. The van der Waals surface area contributed by atoms with Crippen LogP contribution in [0.25, 0.3) is 0 Å². The van der Waals surface area contributed by atoms with Gasteiger partial charge in [0, 0.05) is 4.47 Å². The zero-order valence-electron chi connectivity index (χ0n) is 6.12. The number of rotatable bonds is 2. The van der Waals surface area contributed by atoms with Crippen LogP contribution in [0, 0.1) is 0 Å². The van der Waals surface area contributed by atoms with Crippen LogP contribution in [0.1, 0.15) is 5.69 Å². The third-order valence-corrected chi connectivity index (χ3v) is 1.96. The number of hydrogen-bond acceptors (Lipinski definition) is 3. The van der Waals surface area contributed by atoms with Gasteiger partial charge >= 0.3 is 5.97 Å². The highest BCUT2D eigenvalue weighted by molar-refractivity contribution is 9.10. The molecule has 0 bridgehead atoms. The molecule has 0 aromatic carbocycles. The zero-order valence-corrected chi connectivity index (χ0v) is 7.71. The molecule has 0 spiro atoms. The van der Waals surface area contributed by atoms with Crippen LogP contribution in [-0.4, -0.2) is 16.1 Å². The summed E-state index contributed by atoms with van der Waals surface area (Å²) in [7, 11) is 0. The van der Waals surface area contributed by atoms with Gasteiger partial charge in [0.25, 0.3) is 0 Å². The summed E-state index contributed by atoms with van der Waals surface area (Å²) < 4.78 is 0.675. The second kappa shape index (κ2) is 3.53. The Labute approximate surface area is 77.5 Å². The van der Waals surface area contributed by atoms with Crippen molar-refractivity contribution in [3.63, 3.8) is 0 Å². The highest BCUT2D eigenvalue weighted by atomic mass is 79.9. The third-order valence-electron chi connectivity index (χ3n) is 1.27. The minimum absolute atomic E-state index is 0.0844. The number of nitrogens with two attached hydrogens (primary N) is 1. The fourth-order valence-corrected chi connectivity index (χ4v) is 1.10. The van der Waals surface area contributed by atoms with E-state index in [0.717, 1.165) is 0 Å². The lowest BCUT2D eigenvalue weighted by Gasteiger charge is -1.99. The largest absolute Gasteiger partial charge is 0.481 e. The van der Waals surface area contributed by atoms with E-state index in [2.05, 4.69) is 20.9 Å². The van der Waals surface area contributed by atoms with Crippen molar-refractivity contribution >= 4 is 27.6 Å². The van der Waals surface area contributed by atoms with E-state index in [1.165, 1.54) is 6.20 Å². The number of hydrogen-bond donors (Lipinski definition) is 2. The maximum absolute atomic E-state index is 10.3. The zero-order chi connectivity index (χ0) is 9.14. The second-order valence-corrected chi connectivity index (χ2v) is 3.12. The Morgan fingerprint density at radius 3 is 2.92 bits per heavy atom. The van der Waals surface area contributed by atoms with Crippen molar-refractivity contribution in [2.75, 3.05) is 5.73 Å². The van der Waals surface area contributed by atoms with Gasteiger partial charge < -0.3 is 10.8 Å². The van der Waals surface area contributed by atoms with Crippen molar-refractivity contribution in [2.45, 2.75) is 6.42 Å². The molecule has 0 radical (unpaired) electrons. The maximum Gasteiger partial charge on any atom is 0.309 e. The quantitative estimate of drug-likeness (QED) is 0.797. The Kier molecular flexibility index (Phi) is 2.65. The topological polar surface area (TPSA) is 76.2 Å². The van der Waals surface area contributed by atoms with Gasteiger partial charge in [0.1, 0.15) is 0 Å². The summed E-state index contributed by atoms with van der Waals surface area (Å²) in [5.41, 5.74) is 6.46. The van der Waals surface area contributed by atoms with Crippen LogP contribution in [0.3, 0.4) is 0 Å². The lowest BCUT2D eigenvalue weighted by molar-refractivity contribution is -0.136. The molecule has 0 aliphatic rings. The Bertz CT molecular complexity index is 314. The average Bonchev–Trinajstić information content (AvgIpc) is 1.96. The fraction of sp³-hybridized carbons (Fsp3) is 0.143. The Hall–Kier alpha value is -1.10. The van der Waals surface area contributed by atoms with E-state index in [-0.39, 0.29) is 6.42 Å². The highest BCUT2D eigenvalue weighted by Crippen LogP contribution is 2.18. The molecule has 0 saturated carbocycles. The molecule has 0 saturated heterocycles. The van der Waals surface area contributed by atoms with Crippen molar-refractivity contribution in [3.05, 3.63) is 22.4 Å². The number of nitrogens with zero attached hydrogens (tertiary/aromatic N) is 1. The minimum atomic E-state index is -0.904.